The molecule has 1 heterocycles. The third-order valence-corrected chi connectivity index (χ3v) is 2.60. The molecule has 0 amide bonds. The molecule has 0 saturated carbocycles. The number of aromatic carboxylic acids is 1. The van der Waals surface area contributed by atoms with E-state index in [2.05, 4.69) is 4.98 Å². The van der Waals surface area contributed by atoms with E-state index in [0.717, 1.165) is 0 Å². The lowest BCUT2D eigenvalue weighted by atomic mass is 10.1. The van der Waals surface area contributed by atoms with E-state index in [-0.39, 0.29) is 0 Å². The molecule has 0 aliphatic carbocycles. The van der Waals surface area contributed by atoms with Crippen molar-refractivity contribution in [1.29, 1.82) is 0 Å². The summed E-state index contributed by atoms with van der Waals surface area (Å²) in [5, 5.41) is 8.54. The summed E-state index contributed by atoms with van der Waals surface area (Å²) in [7, 11) is 0. The van der Waals surface area contributed by atoms with E-state index in [1.165, 1.54) is 22.6 Å². The summed E-state index contributed by atoms with van der Waals surface area (Å²) in [6.07, 6.45) is -8.09. The van der Waals surface area contributed by atoms with Crippen LogP contribution < -0.4 is 0 Å². The number of carbonyl (C=O) groups is 1. The molecular weight excluding hydrogens is 364 g/mol. The van der Waals surface area contributed by atoms with Gasteiger partial charge in [0.2, 0.25) is 0 Å². The van der Waals surface area contributed by atoms with Gasteiger partial charge in [0.05, 0.1) is 11.1 Å². The van der Waals surface area contributed by atoms with Crippen molar-refractivity contribution < 1.29 is 31.9 Å². The van der Waals surface area contributed by atoms with Gasteiger partial charge in [0.25, 0.3) is 6.43 Å². The Morgan fingerprint density at radius 3 is 2.29 bits per heavy atom. The van der Waals surface area contributed by atoms with Gasteiger partial charge in [-0.1, -0.05) is 0 Å². The van der Waals surface area contributed by atoms with Gasteiger partial charge in [0.1, 0.15) is 3.70 Å². The zero-order valence-electron chi connectivity index (χ0n) is 7.73. The van der Waals surface area contributed by atoms with E-state index in [1.807, 2.05) is 0 Å². The first-order valence-corrected chi connectivity index (χ1v) is 5.01. The van der Waals surface area contributed by atoms with E-state index >= 15 is 0 Å². The summed E-state index contributed by atoms with van der Waals surface area (Å²) in [5.41, 5.74) is -3.80. The van der Waals surface area contributed by atoms with Crippen LogP contribution in [0.3, 0.4) is 0 Å². The molecule has 1 N–H and O–H groups in total. The van der Waals surface area contributed by atoms with Crippen LogP contribution in [0.1, 0.15) is 28.0 Å². The molecule has 0 saturated heterocycles. The number of carboxylic acid groups (broad SMARTS) is 1. The van der Waals surface area contributed by atoms with Crippen LogP contribution in [0.2, 0.25) is 0 Å². The van der Waals surface area contributed by atoms with Gasteiger partial charge in [0, 0.05) is 0 Å². The van der Waals surface area contributed by atoms with Crippen LogP contribution in [-0.2, 0) is 6.18 Å². The third kappa shape index (κ3) is 3.01. The van der Waals surface area contributed by atoms with E-state index in [9.17, 15) is 26.7 Å². The largest absolute Gasteiger partial charge is 0.478 e. The van der Waals surface area contributed by atoms with Crippen molar-refractivity contribution in [3.8, 4) is 0 Å². The van der Waals surface area contributed by atoms with Crippen LogP contribution in [0.4, 0.5) is 22.0 Å². The molecule has 0 spiro atoms. The average molecular weight is 367 g/mol. The Kier molecular flexibility index (Phi) is 3.89. The molecule has 17 heavy (non-hydrogen) atoms. The topological polar surface area (TPSA) is 50.2 Å². The second-order valence-corrected chi connectivity index (χ2v) is 3.89. The summed E-state index contributed by atoms with van der Waals surface area (Å²) >= 11 is 1.20. The monoisotopic (exact) mass is 367 g/mol. The lowest BCUT2D eigenvalue weighted by Gasteiger charge is -2.12. The van der Waals surface area contributed by atoms with Crippen LogP contribution in [0, 0.1) is 3.70 Å². The first-order chi connectivity index (χ1) is 7.64. The molecule has 0 atom stereocenters. The average Bonchev–Trinajstić information content (AvgIpc) is 2.14. The molecule has 0 aromatic carbocycles. The summed E-state index contributed by atoms with van der Waals surface area (Å²) in [6, 6.07) is 0.296. The van der Waals surface area contributed by atoms with Gasteiger partial charge in [-0.25, -0.2) is 18.6 Å². The molecule has 1 aromatic rings. The van der Waals surface area contributed by atoms with E-state index in [0.29, 0.717) is 6.07 Å². The second-order valence-electron chi connectivity index (χ2n) is 2.87. The van der Waals surface area contributed by atoms with Gasteiger partial charge in [-0.15, -0.1) is 0 Å². The number of carboxylic acids is 1. The maximum atomic E-state index is 12.4. The number of aromatic nitrogens is 1. The van der Waals surface area contributed by atoms with Crippen molar-refractivity contribution in [2.75, 3.05) is 0 Å². The molecule has 0 radical (unpaired) electrons. The Morgan fingerprint density at radius 2 is 1.94 bits per heavy atom. The fourth-order valence-electron chi connectivity index (χ4n) is 1.04. The molecule has 3 nitrogen and oxygen atoms in total. The minimum Gasteiger partial charge on any atom is -0.478 e. The lowest BCUT2D eigenvalue weighted by Crippen LogP contribution is -2.17. The highest BCUT2D eigenvalue weighted by Gasteiger charge is 2.38. The highest BCUT2D eigenvalue weighted by molar-refractivity contribution is 14.1. The Labute approximate surface area is 105 Å². The fraction of sp³-hybridized carbons (Fsp3) is 0.250. The zero-order chi connectivity index (χ0) is 13.4. The van der Waals surface area contributed by atoms with Crippen LogP contribution in [0.15, 0.2) is 6.07 Å². The van der Waals surface area contributed by atoms with Crippen LogP contribution >= 0.6 is 22.6 Å². The van der Waals surface area contributed by atoms with Gasteiger partial charge in [-0.2, -0.15) is 13.2 Å². The minimum atomic E-state index is -5.01. The first kappa shape index (κ1) is 14.1. The molecule has 94 valence electrons. The number of nitrogens with zero attached hydrogens (tertiary/aromatic N) is 1. The molecule has 0 bridgehead atoms. The molecular formula is C8H3F5INO2. The van der Waals surface area contributed by atoms with Gasteiger partial charge in [-0.3, -0.25) is 0 Å². The molecule has 0 aliphatic rings. The summed E-state index contributed by atoms with van der Waals surface area (Å²) in [6.45, 7) is 0. The first-order valence-electron chi connectivity index (χ1n) is 3.93. The van der Waals surface area contributed by atoms with Crippen molar-refractivity contribution in [3.63, 3.8) is 0 Å². The summed E-state index contributed by atoms with van der Waals surface area (Å²) in [4.78, 5) is 13.5. The van der Waals surface area contributed by atoms with Crippen molar-refractivity contribution in [2.24, 2.45) is 0 Å². The number of hydrogen-bond donors (Lipinski definition) is 1. The molecule has 0 aliphatic heterocycles. The highest BCUT2D eigenvalue weighted by Crippen LogP contribution is 2.34. The van der Waals surface area contributed by atoms with Crippen LogP contribution in [0.25, 0.3) is 0 Å². The molecule has 1 rings (SSSR count). The fourth-order valence-corrected chi connectivity index (χ4v) is 1.67. The second kappa shape index (κ2) is 4.70. The normalized spacial score (nSPS) is 11.9. The number of rotatable bonds is 2. The maximum Gasteiger partial charge on any atom is 0.434 e. The minimum absolute atomic E-state index is 0.296. The van der Waals surface area contributed by atoms with Gasteiger partial charge < -0.3 is 5.11 Å². The van der Waals surface area contributed by atoms with Crippen LogP contribution in [-0.4, -0.2) is 16.1 Å². The number of pyridine rings is 1. The van der Waals surface area contributed by atoms with Crippen LogP contribution in [0.5, 0.6) is 0 Å². The van der Waals surface area contributed by atoms with Crippen molar-refractivity contribution in [2.45, 2.75) is 12.6 Å². The Morgan fingerprint density at radius 1 is 1.41 bits per heavy atom. The van der Waals surface area contributed by atoms with Crippen molar-refractivity contribution in [1.82, 2.24) is 4.98 Å². The highest BCUT2D eigenvalue weighted by atomic mass is 127. The Bertz CT molecular complexity index is 460. The quantitative estimate of drug-likeness (QED) is 0.496. The summed E-state index contributed by atoms with van der Waals surface area (Å²) in [5.74, 6) is -1.96. The van der Waals surface area contributed by atoms with Crippen molar-refractivity contribution >= 4 is 28.6 Å². The van der Waals surface area contributed by atoms with E-state index in [4.69, 9.17) is 5.11 Å². The zero-order valence-corrected chi connectivity index (χ0v) is 9.88. The van der Waals surface area contributed by atoms with E-state index in [1.54, 1.807) is 0 Å². The smallest absolute Gasteiger partial charge is 0.434 e. The predicted octanol–water partition coefficient (Wildman–Crippen LogP) is 3.34. The maximum absolute atomic E-state index is 12.4. The van der Waals surface area contributed by atoms with E-state index < -0.39 is 39.1 Å². The lowest BCUT2D eigenvalue weighted by molar-refractivity contribution is -0.141. The SMILES string of the molecule is O=C(O)c1cc(C(F)F)c(I)nc1C(F)(F)F. The number of hydrogen-bond acceptors (Lipinski definition) is 2. The van der Waals surface area contributed by atoms with Gasteiger partial charge >= 0.3 is 12.1 Å². The molecule has 9 heteroatoms. The molecule has 0 fully saturated rings. The van der Waals surface area contributed by atoms with Crippen molar-refractivity contribution in [3.05, 3.63) is 26.6 Å². The standard InChI is InChI=1S/C8H3F5INO2/c9-5(10)3-1-2(7(16)17)4(8(11,12)13)15-6(3)14/h1,5H,(H,16,17). The van der Waals surface area contributed by atoms with Gasteiger partial charge in [-0.05, 0) is 28.7 Å². The Hall–Kier alpha value is -1.00. The summed E-state index contributed by atoms with van der Waals surface area (Å²) < 4.78 is 61.4. The number of halogens is 6. The molecule has 0 unspecified atom stereocenters. The third-order valence-electron chi connectivity index (χ3n) is 1.74. The molecule has 1 aromatic heterocycles. The Balaban J connectivity index is 3.53. The number of alkyl halides is 5. The van der Waals surface area contributed by atoms with Gasteiger partial charge in [0.15, 0.2) is 5.69 Å². The predicted molar refractivity (Wildman–Crippen MR) is 53.9 cm³/mol.